The third-order valence-corrected chi connectivity index (χ3v) is 2.95. The van der Waals surface area contributed by atoms with Crippen LogP contribution in [0.4, 0.5) is 0 Å². The highest BCUT2D eigenvalue weighted by Crippen LogP contribution is 2.11. The van der Waals surface area contributed by atoms with Gasteiger partial charge in [-0.1, -0.05) is 6.07 Å². The van der Waals surface area contributed by atoms with Crippen LogP contribution in [0.15, 0.2) is 24.5 Å². The molecule has 5 heteroatoms. The summed E-state index contributed by atoms with van der Waals surface area (Å²) >= 11 is 0. The maximum absolute atomic E-state index is 11.7. The van der Waals surface area contributed by atoms with Gasteiger partial charge in [-0.2, -0.15) is 0 Å². The highest BCUT2D eigenvalue weighted by atomic mass is 16.5. The van der Waals surface area contributed by atoms with E-state index in [4.69, 9.17) is 9.47 Å². The summed E-state index contributed by atoms with van der Waals surface area (Å²) in [4.78, 5) is 17.6. The summed E-state index contributed by atoms with van der Waals surface area (Å²) in [6.07, 6.45) is 4.41. The van der Waals surface area contributed by atoms with Crippen molar-refractivity contribution in [1.29, 1.82) is 0 Å². The third-order valence-electron chi connectivity index (χ3n) is 2.95. The molecule has 2 heterocycles. The lowest BCUT2D eigenvalue weighted by Gasteiger charge is -2.32. The maximum Gasteiger partial charge on any atom is 0.248 e. The van der Waals surface area contributed by atoms with Gasteiger partial charge in [-0.3, -0.25) is 9.78 Å². The van der Waals surface area contributed by atoms with Gasteiger partial charge in [-0.25, -0.2) is 0 Å². The van der Waals surface area contributed by atoms with Crippen LogP contribution in [0.1, 0.15) is 5.56 Å². The van der Waals surface area contributed by atoms with Crippen LogP contribution in [0.3, 0.4) is 0 Å². The van der Waals surface area contributed by atoms with Crippen molar-refractivity contribution in [2.45, 2.75) is 12.5 Å². The number of carbonyl (C=O) groups excluding carboxylic acids is 1. The molecule has 98 valence electrons. The van der Waals surface area contributed by atoms with E-state index in [-0.39, 0.29) is 18.6 Å². The predicted molar refractivity (Wildman–Crippen MR) is 66.1 cm³/mol. The van der Waals surface area contributed by atoms with Crippen molar-refractivity contribution in [2.24, 2.45) is 0 Å². The molecule has 1 unspecified atom stereocenters. The van der Waals surface area contributed by atoms with E-state index in [1.54, 1.807) is 11.1 Å². The number of carbonyl (C=O) groups is 1. The minimum atomic E-state index is 0.0250. The first-order chi connectivity index (χ1) is 8.79. The average Bonchev–Trinajstić information content (AvgIpc) is 2.40. The van der Waals surface area contributed by atoms with Crippen LogP contribution in [-0.4, -0.2) is 55.3 Å². The molecule has 1 aromatic rings. The van der Waals surface area contributed by atoms with Crippen molar-refractivity contribution >= 4 is 5.91 Å². The van der Waals surface area contributed by atoms with E-state index in [0.717, 1.165) is 12.0 Å². The van der Waals surface area contributed by atoms with Gasteiger partial charge in [0.1, 0.15) is 6.61 Å². The van der Waals surface area contributed by atoms with Gasteiger partial charge in [0.15, 0.2) is 0 Å². The number of nitrogens with zero attached hydrogens (tertiary/aromatic N) is 2. The standard InChI is InChI=1S/C13H18N2O3/c1-17-10-13(16)15-5-6-18-12(9-15)7-11-3-2-4-14-8-11/h2-4,8,12H,5-7,9-10H2,1H3. The van der Waals surface area contributed by atoms with E-state index < -0.39 is 0 Å². The molecule has 0 N–H and O–H groups in total. The number of ether oxygens (including phenoxy) is 2. The molecule has 0 radical (unpaired) electrons. The molecule has 1 aromatic heterocycles. The SMILES string of the molecule is COCC(=O)N1CCOC(Cc2cccnc2)C1. The fraction of sp³-hybridized carbons (Fsp3) is 0.538. The van der Waals surface area contributed by atoms with Crippen molar-refractivity contribution in [3.05, 3.63) is 30.1 Å². The molecule has 1 amide bonds. The Balaban J connectivity index is 1.89. The number of amides is 1. The van der Waals surface area contributed by atoms with Gasteiger partial charge < -0.3 is 14.4 Å². The summed E-state index contributed by atoms with van der Waals surface area (Å²) in [6, 6.07) is 3.93. The highest BCUT2D eigenvalue weighted by molar-refractivity contribution is 5.77. The molecule has 2 rings (SSSR count). The second-order valence-electron chi connectivity index (χ2n) is 4.33. The first-order valence-electron chi connectivity index (χ1n) is 6.07. The zero-order valence-corrected chi connectivity index (χ0v) is 10.5. The maximum atomic E-state index is 11.7. The van der Waals surface area contributed by atoms with Gasteiger partial charge in [0.05, 0.1) is 12.7 Å². The molecule has 5 nitrogen and oxygen atoms in total. The molecular formula is C13H18N2O3. The fourth-order valence-electron chi connectivity index (χ4n) is 2.07. The Morgan fingerprint density at radius 1 is 1.67 bits per heavy atom. The number of rotatable bonds is 4. The van der Waals surface area contributed by atoms with Crippen molar-refractivity contribution < 1.29 is 14.3 Å². The molecule has 18 heavy (non-hydrogen) atoms. The molecule has 0 spiro atoms. The first kappa shape index (κ1) is 13.0. The monoisotopic (exact) mass is 250 g/mol. The Hall–Kier alpha value is -1.46. The van der Waals surface area contributed by atoms with Crippen molar-refractivity contribution in [3.63, 3.8) is 0 Å². The number of morpholine rings is 1. The Morgan fingerprint density at radius 3 is 3.28 bits per heavy atom. The Kier molecular flexibility index (Phi) is 4.66. The Labute approximate surface area is 107 Å². The van der Waals surface area contributed by atoms with Crippen molar-refractivity contribution in [3.8, 4) is 0 Å². The topological polar surface area (TPSA) is 51.7 Å². The first-order valence-corrected chi connectivity index (χ1v) is 6.07. The number of hydrogen-bond acceptors (Lipinski definition) is 4. The van der Waals surface area contributed by atoms with E-state index in [2.05, 4.69) is 4.98 Å². The zero-order valence-electron chi connectivity index (χ0n) is 10.5. The Morgan fingerprint density at radius 2 is 2.56 bits per heavy atom. The molecule has 1 aliphatic heterocycles. The fourth-order valence-corrected chi connectivity index (χ4v) is 2.07. The number of pyridine rings is 1. The highest BCUT2D eigenvalue weighted by Gasteiger charge is 2.24. The summed E-state index contributed by atoms with van der Waals surface area (Å²) in [5.74, 6) is 0.0250. The molecule has 1 atom stereocenters. The second kappa shape index (κ2) is 6.47. The van der Waals surface area contributed by atoms with Gasteiger partial charge in [-0.15, -0.1) is 0 Å². The molecule has 0 aromatic carbocycles. The van der Waals surface area contributed by atoms with Gasteiger partial charge in [-0.05, 0) is 11.6 Å². The van der Waals surface area contributed by atoms with Crippen LogP contribution >= 0.6 is 0 Å². The van der Waals surface area contributed by atoms with Crippen LogP contribution in [0.25, 0.3) is 0 Å². The minimum Gasteiger partial charge on any atom is -0.375 e. The number of methoxy groups -OCH3 is 1. The molecule has 1 saturated heterocycles. The molecule has 0 aliphatic carbocycles. The minimum absolute atomic E-state index is 0.0250. The van der Waals surface area contributed by atoms with Crippen LogP contribution in [0, 0.1) is 0 Å². The third kappa shape index (κ3) is 3.51. The van der Waals surface area contributed by atoms with E-state index in [9.17, 15) is 4.79 Å². The zero-order chi connectivity index (χ0) is 12.8. The number of aromatic nitrogens is 1. The van der Waals surface area contributed by atoms with Gasteiger partial charge >= 0.3 is 0 Å². The summed E-state index contributed by atoms with van der Waals surface area (Å²) in [6.45, 7) is 1.99. The summed E-state index contributed by atoms with van der Waals surface area (Å²) in [5, 5.41) is 0. The Bertz CT molecular complexity index is 383. The van der Waals surface area contributed by atoms with E-state index in [0.29, 0.717) is 19.7 Å². The average molecular weight is 250 g/mol. The molecule has 1 aliphatic rings. The lowest BCUT2D eigenvalue weighted by atomic mass is 10.1. The summed E-state index contributed by atoms with van der Waals surface area (Å²) in [5.41, 5.74) is 1.13. The van der Waals surface area contributed by atoms with Crippen LogP contribution in [0.2, 0.25) is 0 Å². The normalized spacial score (nSPS) is 19.8. The lowest BCUT2D eigenvalue weighted by molar-refractivity contribution is -0.142. The van der Waals surface area contributed by atoms with Crippen LogP contribution in [0.5, 0.6) is 0 Å². The van der Waals surface area contributed by atoms with Crippen molar-refractivity contribution in [1.82, 2.24) is 9.88 Å². The van der Waals surface area contributed by atoms with E-state index >= 15 is 0 Å². The van der Waals surface area contributed by atoms with E-state index in [1.807, 2.05) is 18.3 Å². The van der Waals surface area contributed by atoms with Crippen LogP contribution < -0.4 is 0 Å². The summed E-state index contributed by atoms with van der Waals surface area (Å²) in [7, 11) is 1.53. The molecular weight excluding hydrogens is 232 g/mol. The van der Waals surface area contributed by atoms with E-state index in [1.165, 1.54) is 7.11 Å². The summed E-state index contributed by atoms with van der Waals surface area (Å²) < 4.78 is 10.5. The van der Waals surface area contributed by atoms with Gasteiger partial charge in [0.25, 0.3) is 0 Å². The largest absolute Gasteiger partial charge is 0.375 e. The quantitative estimate of drug-likeness (QED) is 0.780. The molecule has 0 bridgehead atoms. The van der Waals surface area contributed by atoms with Gasteiger partial charge in [0.2, 0.25) is 5.91 Å². The molecule has 1 fully saturated rings. The van der Waals surface area contributed by atoms with Crippen LogP contribution in [-0.2, 0) is 20.7 Å². The smallest absolute Gasteiger partial charge is 0.248 e. The number of hydrogen-bond donors (Lipinski definition) is 0. The van der Waals surface area contributed by atoms with Gasteiger partial charge in [0, 0.05) is 39.0 Å². The second-order valence-corrected chi connectivity index (χ2v) is 4.33. The molecule has 0 saturated carbocycles. The predicted octanol–water partition coefficient (Wildman–Crippen LogP) is 0.498. The lowest BCUT2D eigenvalue weighted by Crippen LogP contribution is -2.47. The van der Waals surface area contributed by atoms with Crippen molar-refractivity contribution in [2.75, 3.05) is 33.4 Å².